The number of pyridine rings is 1. The van der Waals surface area contributed by atoms with E-state index in [0.29, 0.717) is 12.4 Å². The molecule has 1 saturated heterocycles. The molecule has 4 aliphatic rings. The molecule has 2 aliphatic carbocycles. The van der Waals surface area contributed by atoms with Crippen molar-refractivity contribution in [2.45, 2.75) is 89.6 Å². The fourth-order valence-corrected chi connectivity index (χ4v) is 9.09. The van der Waals surface area contributed by atoms with Crippen LogP contribution in [0.2, 0.25) is 5.02 Å². The number of hydrogen-bond acceptors (Lipinski definition) is 7. The van der Waals surface area contributed by atoms with Crippen LogP contribution in [0.1, 0.15) is 92.7 Å². The molecule has 274 valence electrons. The smallest absolute Gasteiger partial charge is 0.256 e. The predicted octanol–water partition coefficient (Wildman–Crippen LogP) is 8.78. The summed E-state index contributed by atoms with van der Waals surface area (Å²) in [5.74, 6) is 1.67. The standard InChI is InChI=1S/C44H45ClN8O/c1-2-3-6-39-48-44(21-4-5-22-44)43(54)53(39)27-28-7-9-29(10-8-28)37-26-33(13-16-36(37)42-49-51-52-50-42)38-18-14-31-11-12-32-25-34(45)15-17-35(32)40(41(31)47-38)30-19-23-46-24-20-30/h7-10,13-18,25-26,46H,2-6,11-12,19-24,27H2,1H3,(H,49,50,51,52). The van der Waals surface area contributed by atoms with E-state index in [1.165, 1.54) is 27.8 Å². The van der Waals surface area contributed by atoms with E-state index in [2.05, 4.69) is 99.6 Å². The van der Waals surface area contributed by atoms with E-state index < -0.39 is 5.54 Å². The summed E-state index contributed by atoms with van der Waals surface area (Å²) in [7, 11) is 0. The van der Waals surface area contributed by atoms with Crippen LogP contribution < -0.4 is 5.32 Å². The van der Waals surface area contributed by atoms with Crippen LogP contribution in [0.4, 0.5) is 0 Å². The number of fused-ring (bicyclic) bond motifs is 2. The molecular weight excluding hydrogens is 692 g/mol. The monoisotopic (exact) mass is 736 g/mol. The molecule has 2 fully saturated rings. The second-order valence-electron chi connectivity index (χ2n) is 15.2. The summed E-state index contributed by atoms with van der Waals surface area (Å²) >= 11 is 6.52. The van der Waals surface area contributed by atoms with Gasteiger partial charge in [-0.3, -0.25) is 14.7 Å². The molecule has 3 aromatic carbocycles. The van der Waals surface area contributed by atoms with Gasteiger partial charge < -0.3 is 5.32 Å². The molecule has 1 saturated carbocycles. The maximum absolute atomic E-state index is 13.8. The van der Waals surface area contributed by atoms with E-state index in [4.69, 9.17) is 21.6 Å². The highest BCUT2D eigenvalue weighted by atomic mass is 35.5. The van der Waals surface area contributed by atoms with Crippen LogP contribution in [0.15, 0.2) is 83.4 Å². The molecule has 9 rings (SSSR count). The first-order chi connectivity index (χ1) is 26.5. The van der Waals surface area contributed by atoms with E-state index in [-0.39, 0.29) is 5.91 Å². The van der Waals surface area contributed by atoms with Gasteiger partial charge in [0, 0.05) is 28.1 Å². The van der Waals surface area contributed by atoms with E-state index >= 15 is 0 Å². The number of benzene rings is 3. The number of carbonyl (C=O) groups is 1. The number of hydrogen-bond donors (Lipinski definition) is 2. The molecule has 0 radical (unpaired) electrons. The van der Waals surface area contributed by atoms with Crippen molar-refractivity contribution in [3.05, 3.63) is 111 Å². The lowest BCUT2D eigenvalue weighted by Gasteiger charge is -2.23. The normalized spacial score (nSPS) is 17.9. The molecule has 0 atom stereocenters. The van der Waals surface area contributed by atoms with Gasteiger partial charge in [-0.15, -0.1) is 10.2 Å². The fraction of sp³-hybridized carbons (Fsp3) is 0.364. The van der Waals surface area contributed by atoms with Crippen molar-refractivity contribution < 1.29 is 4.79 Å². The lowest BCUT2D eigenvalue weighted by atomic mass is 9.88. The van der Waals surface area contributed by atoms with Gasteiger partial charge in [-0.25, -0.2) is 4.98 Å². The average Bonchev–Trinajstić information content (AvgIpc) is 3.95. The van der Waals surface area contributed by atoms with Gasteiger partial charge in [-0.2, -0.15) is 5.21 Å². The third-order valence-electron chi connectivity index (χ3n) is 11.8. The first kappa shape index (κ1) is 34.8. The Kier molecular flexibility index (Phi) is 9.45. The number of unbranched alkanes of at least 4 members (excludes halogenated alkanes) is 1. The minimum absolute atomic E-state index is 0.182. The number of aromatic nitrogens is 5. The first-order valence-electron chi connectivity index (χ1n) is 19.6. The molecule has 1 spiro atoms. The number of nitrogens with zero attached hydrogens (tertiary/aromatic N) is 6. The van der Waals surface area contributed by atoms with E-state index in [0.717, 1.165) is 134 Å². The van der Waals surface area contributed by atoms with Crippen LogP contribution >= 0.6 is 11.6 Å². The minimum atomic E-state index is -0.533. The fourth-order valence-electron chi connectivity index (χ4n) is 8.90. The van der Waals surface area contributed by atoms with Crippen LogP contribution in [0.3, 0.4) is 0 Å². The number of halogens is 1. The Morgan fingerprint density at radius 3 is 2.39 bits per heavy atom. The summed E-state index contributed by atoms with van der Waals surface area (Å²) in [5, 5.41) is 19.5. The minimum Gasteiger partial charge on any atom is -0.316 e. The molecule has 2 N–H and O–H groups in total. The Morgan fingerprint density at radius 1 is 0.833 bits per heavy atom. The van der Waals surface area contributed by atoms with Gasteiger partial charge in [0.15, 0.2) is 0 Å². The Morgan fingerprint density at radius 2 is 1.61 bits per heavy atom. The van der Waals surface area contributed by atoms with Crippen molar-refractivity contribution in [2.24, 2.45) is 4.99 Å². The van der Waals surface area contributed by atoms with Crippen molar-refractivity contribution in [1.82, 2.24) is 35.8 Å². The van der Waals surface area contributed by atoms with E-state index in [9.17, 15) is 4.79 Å². The Bertz CT molecular complexity index is 2260. The topological polar surface area (TPSA) is 112 Å². The molecule has 0 unspecified atom stereocenters. The molecule has 0 bridgehead atoms. The lowest BCUT2D eigenvalue weighted by molar-refractivity contribution is -0.131. The van der Waals surface area contributed by atoms with Crippen LogP contribution in [0.5, 0.6) is 0 Å². The third-order valence-corrected chi connectivity index (χ3v) is 12.0. The molecular formula is C44H45ClN8O. The largest absolute Gasteiger partial charge is 0.316 e. The first-order valence-corrected chi connectivity index (χ1v) is 20.0. The number of tetrazole rings is 1. The summed E-state index contributed by atoms with van der Waals surface area (Å²) in [6, 6.07) is 25.7. The number of aromatic amines is 1. The van der Waals surface area contributed by atoms with Gasteiger partial charge in [-0.05, 0) is 127 Å². The van der Waals surface area contributed by atoms with Crippen LogP contribution in [-0.4, -0.2) is 60.9 Å². The van der Waals surface area contributed by atoms with Crippen molar-refractivity contribution in [1.29, 1.82) is 0 Å². The zero-order chi connectivity index (χ0) is 36.6. The summed E-state index contributed by atoms with van der Waals surface area (Å²) in [6.07, 6.45) is 10.7. The van der Waals surface area contributed by atoms with Crippen molar-refractivity contribution in [3.63, 3.8) is 0 Å². The zero-order valence-corrected chi connectivity index (χ0v) is 31.6. The van der Waals surface area contributed by atoms with Crippen molar-refractivity contribution in [2.75, 3.05) is 13.1 Å². The number of aryl methyl sites for hydroxylation is 2. The van der Waals surface area contributed by atoms with Gasteiger partial charge >= 0.3 is 0 Å². The number of aliphatic imine (C=N–C) groups is 1. The summed E-state index contributed by atoms with van der Waals surface area (Å²) in [4.78, 5) is 26.3. The number of nitrogens with one attached hydrogen (secondary N) is 2. The van der Waals surface area contributed by atoms with Crippen LogP contribution in [0, 0.1) is 0 Å². The predicted molar refractivity (Wildman–Crippen MR) is 214 cm³/mol. The highest BCUT2D eigenvalue weighted by molar-refractivity contribution is 6.30. The molecule has 10 heteroatoms. The Labute approximate surface area is 321 Å². The number of H-pyrrole nitrogens is 1. The quantitative estimate of drug-likeness (QED) is 0.165. The summed E-state index contributed by atoms with van der Waals surface area (Å²) < 4.78 is 0. The summed E-state index contributed by atoms with van der Waals surface area (Å²) in [6.45, 7) is 4.66. The maximum Gasteiger partial charge on any atom is 0.256 e. The number of amides is 1. The molecule has 54 heavy (non-hydrogen) atoms. The number of amidine groups is 1. The van der Waals surface area contributed by atoms with Crippen molar-refractivity contribution >= 4 is 28.9 Å². The van der Waals surface area contributed by atoms with Gasteiger partial charge in [0.25, 0.3) is 5.91 Å². The number of carbonyl (C=O) groups excluding carboxylic acids is 1. The van der Waals surface area contributed by atoms with Gasteiger partial charge in [0.2, 0.25) is 5.82 Å². The van der Waals surface area contributed by atoms with E-state index in [1.54, 1.807) is 0 Å². The number of piperidine rings is 1. The third kappa shape index (κ3) is 6.47. The average molecular weight is 737 g/mol. The number of rotatable bonds is 8. The Hall–Kier alpha value is -4.99. The van der Waals surface area contributed by atoms with Gasteiger partial charge in [0.1, 0.15) is 11.4 Å². The Balaban J connectivity index is 1.07. The van der Waals surface area contributed by atoms with Gasteiger partial charge in [0.05, 0.1) is 17.9 Å². The highest BCUT2D eigenvalue weighted by Crippen LogP contribution is 2.42. The molecule has 4 heterocycles. The zero-order valence-electron chi connectivity index (χ0n) is 30.8. The van der Waals surface area contributed by atoms with Crippen molar-refractivity contribution in [3.8, 4) is 33.8 Å². The second kappa shape index (κ2) is 14.7. The lowest BCUT2D eigenvalue weighted by Crippen LogP contribution is -2.40. The van der Waals surface area contributed by atoms with Crippen LogP contribution in [0.25, 0.3) is 39.3 Å². The van der Waals surface area contributed by atoms with E-state index in [1.807, 2.05) is 11.0 Å². The molecule has 5 aromatic rings. The SMILES string of the molecule is CCCCC1=NC2(CCCC2)C(=O)N1Cc1ccc(-c2cc(-c3ccc4c(n3)C(=C3CCNCC3)c3ccc(Cl)cc3CC4)ccc2-c2nn[nH]n2)cc1. The molecule has 2 aliphatic heterocycles. The second-order valence-corrected chi connectivity index (χ2v) is 15.6. The van der Waals surface area contributed by atoms with Crippen LogP contribution in [-0.2, 0) is 24.2 Å². The maximum atomic E-state index is 13.8. The highest BCUT2D eigenvalue weighted by Gasteiger charge is 2.49. The molecule has 9 nitrogen and oxygen atoms in total. The molecule has 2 aromatic heterocycles. The summed E-state index contributed by atoms with van der Waals surface area (Å²) in [5.41, 5.74) is 13.0. The van der Waals surface area contributed by atoms with Gasteiger partial charge in [-0.1, -0.05) is 85.8 Å². The molecule has 1 amide bonds.